The standard InChI is InChI=1S/C17H24N4/c1-6-7-18-16-11-17(20-14(4)19-16)21(5)15-9-12(2)8-13(3)10-15/h8-11H,6-7H2,1-5H3,(H,18,19,20). The molecule has 0 spiro atoms. The third kappa shape index (κ3) is 3.94. The maximum atomic E-state index is 4.55. The van der Waals surface area contributed by atoms with Gasteiger partial charge in [0, 0.05) is 25.3 Å². The van der Waals surface area contributed by atoms with Crippen LogP contribution in [-0.4, -0.2) is 23.6 Å². The molecule has 2 rings (SSSR count). The van der Waals surface area contributed by atoms with Crippen LogP contribution in [0.15, 0.2) is 24.3 Å². The van der Waals surface area contributed by atoms with Gasteiger partial charge in [-0.3, -0.25) is 0 Å². The van der Waals surface area contributed by atoms with Crippen molar-refractivity contribution < 1.29 is 0 Å². The van der Waals surface area contributed by atoms with Gasteiger partial charge in [0.05, 0.1) is 0 Å². The zero-order chi connectivity index (χ0) is 15.4. The van der Waals surface area contributed by atoms with E-state index in [2.05, 4.69) is 59.2 Å². The first kappa shape index (κ1) is 15.3. The Morgan fingerprint density at radius 3 is 2.29 bits per heavy atom. The number of nitrogens with one attached hydrogen (secondary N) is 1. The molecule has 2 aromatic rings. The lowest BCUT2D eigenvalue weighted by Crippen LogP contribution is -2.14. The first-order valence-corrected chi connectivity index (χ1v) is 7.41. The molecule has 0 saturated carbocycles. The Bertz CT molecular complexity index is 602. The first-order chi connectivity index (χ1) is 9.99. The molecule has 4 nitrogen and oxygen atoms in total. The second kappa shape index (κ2) is 6.57. The third-order valence-electron chi connectivity index (χ3n) is 3.32. The maximum Gasteiger partial charge on any atom is 0.138 e. The largest absolute Gasteiger partial charge is 0.370 e. The van der Waals surface area contributed by atoms with E-state index in [1.165, 1.54) is 11.1 Å². The van der Waals surface area contributed by atoms with Gasteiger partial charge in [0.15, 0.2) is 0 Å². The van der Waals surface area contributed by atoms with Crippen molar-refractivity contribution in [2.24, 2.45) is 0 Å². The molecule has 21 heavy (non-hydrogen) atoms. The smallest absolute Gasteiger partial charge is 0.138 e. The normalized spacial score (nSPS) is 10.5. The third-order valence-corrected chi connectivity index (χ3v) is 3.32. The van der Waals surface area contributed by atoms with Gasteiger partial charge in [-0.25, -0.2) is 9.97 Å². The van der Waals surface area contributed by atoms with Crippen LogP contribution in [0.4, 0.5) is 17.3 Å². The number of benzene rings is 1. The van der Waals surface area contributed by atoms with E-state index in [-0.39, 0.29) is 0 Å². The SMILES string of the molecule is CCCNc1cc(N(C)c2cc(C)cc(C)c2)nc(C)n1. The molecule has 0 unspecified atom stereocenters. The Morgan fingerprint density at radius 1 is 1.00 bits per heavy atom. The van der Waals surface area contributed by atoms with Crippen LogP contribution in [-0.2, 0) is 0 Å². The van der Waals surface area contributed by atoms with Crippen molar-refractivity contribution in [3.05, 3.63) is 41.2 Å². The number of aryl methyl sites for hydroxylation is 3. The summed E-state index contributed by atoms with van der Waals surface area (Å²) in [7, 11) is 2.04. The van der Waals surface area contributed by atoms with Gasteiger partial charge in [0.2, 0.25) is 0 Å². The molecule has 0 bridgehead atoms. The quantitative estimate of drug-likeness (QED) is 0.901. The summed E-state index contributed by atoms with van der Waals surface area (Å²) in [6, 6.07) is 8.52. The Morgan fingerprint density at radius 2 is 1.67 bits per heavy atom. The van der Waals surface area contributed by atoms with E-state index in [9.17, 15) is 0 Å². The van der Waals surface area contributed by atoms with E-state index in [0.717, 1.165) is 36.1 Å². The van der Waals surface area contributed by atoms with Crippen LogP contribution in [0.25, 0.3) is 0 Å². The van der Waals surface area contributed by atoms with E-state index in [1.807, 2.05) is 20.0 Å². The predicted molar refractivity (Wildman–Crippen MR) is 89.5 cm³/mol. The lowest BCUT2D eigenvalue weighted by molar-refractivity contribution is 0.948. The zero-order valence-corrected chi connectivity index (χ0v) is 13.6. The van der Waals surface area contributed by atoms with Gasteiger partial charge in [0.1, 0.15) is 17.5 Å². The molecular weight excluding hydrogens is 260 g/mol. The number of hydrogen-bond acceptors (Lipinski definition) is 4. The molecule has 0 saturated heterocycles. The fourth-order valence-corrected chi connectivity index (χ4v) is 2.34. The Kier molecular flexibility index (Phi) is 4.78. The molecule has 1 N–H and O–H groups in total. The van der Waals surface area contributed by atoms with Gasteiger partial charge in [-0.1, -0.05) is 13.0 Å². The molecular formula is C17H24N4. The van der Waals surface area contributed by atoms with Crippen molar-refractivity contribution in [2.75, 3.05) is 23.8 Å². The molecule has 1 heterocycles. The summed E-state index contributed by atoms with van der Waals surface area (Å²) < 4.78 is 0. The number of anilines is 3. The van der Waals surface area contributed by atoms with Crippen molar-refractivity contribution in [2.45, 2.75) is 34.1 Å². The summed E-state index contributed by atoms with van der Waals surface area (Å²) in [6.07, 6.45) is 1.07. The van der Waals surface area contributed by atoms with E-state index in [1.54, 1.807) is 0 Å². The van der Waals surface area contributed by atoms with Crippen LogP contribution in [0.3, 0.4) is 0 Å². The summed E-state index contributed by atoms with van der Waals surface area (Å²) in [5.74, 6) is 2.57. The van der Waals surface area contributed by atoms with Gasteiger partial charge >= 0.3 is 0 Å². The van der Waals surface area contributed by atoms with Crippen LogP contribution >= 0.6 is 0 Å². The summed E-state index contributed by atoms with van der Waals surface area (Å²) >= 11 is 0. The number of hydrogen-bond donors (Lipinski definition) is 1. The van der Waals surface area contributed by atoms with Crippen molar-refractivity contribution >= 4 is 17.3 Å². The predicted octanol–water partition coefficient (Wildman–Crippen LogP) is 3.99. The van der Waals surface area contributed by atoms with Crippen molar-refractivity contribution in [3.8, 4) is 0 Å². The number of rotatable bonds is 5. The summed E-state index contributed by atoms with van der Waals surface area (Å²) in [4.78, 5) is 11.1. The van der Waals surface area contributed by atoms with Crippen LogP contribution in [0.2, 0.25) is 0 Å². The zero-order valence-electron chi connectivity index (χ0n) is 13.6. The molecule has 112 valence electrons. The van der Waals surface area contributed by atoms with E-state index >= 15 is 0 Å². The molecule has 0 atom stereocenters. The highest BCUT2D eigenvalue weighted by Crippen LogP contribution is 2.25. The van der Waals surface area contributed by atoms with Crippen LogP contribution in [0.5, 0.6) is 0 Å². The molecule has 0 fully saturated rings. The molecule has 4 heteroatoms. The van der Waals surface area contributed by atoms with Gasteiger partial charge in [0.25, 0.3) is 0 Å². The molecule has 1 aromatic heterocycles. The van der Waals surface area contributed by atoms with Crippen LogP contribution in [0.1, 0.15) is 30.3 Å². The maximum absolute atomic E-state index is 4.55. The molecule has 1 aromatic carbocycles. The Balaban J connectivity index is 2.33. The lowest BCUT2D eigenvalue weighted by atomic mass is 10.1. The van der Waals surface area contributed by atoms with Gasteiger partial charge in [-0.15, -0.1) is 0 Å². The highest BCUT2D eigenvalue weighted by atomic mass is 15.2. The highest BCUT2D eigenvalue weighted by Gasteiger charge is 2.09. The molecule has 0 aliphatic carbocycles. The Hall–Kier alpha value is -2.10. The van der Waals surface area contributed by atoms with Gasteiger partial charge < -0.3 is 10.2 Å². The van der Waals surface area contributed by atoms with Crippen molar-refractivity contribution in [1.82, 2.24) is 9.97 Å². The first-order valence-electron chi connectivity index (χ1n) is 7.41. The second-order valence-electron chi connectivity index (χ2n) is 5.49. The summed E-state index contributed by atoms with van der Waals surface area (Å²) in [5, 5.41) is 3.33. The van der Waals surface area contributed by atoms with E-state index in [0.29, 0.717) is 0 Å². The lowest BCUT2D eigenvalue weighted by Gasteiger charge is -2.20. The van der Waals surface area contributed by atoms with Crippen LogP contribution in [0, 0.1) is 20.8 Å². The number of aromatic nitrogens is 2. The second-order valence-corrected chi connectivity index (χ2v) is 5.49. The average Bonchev–Trinajstić information content (AvgIpc) is 2.42. The summed E-state index contributed by atoms with van der Waals surface area (Å²) in [6.45, 7) is 9.22. The van der Waals surface area contributed by atoms with Crippen molar-refractivity contribution in [3.63, 3.8) is 0 Å². The molecule has 0 amide bonds. The molecule has 0 aliphatic rings. The monoisotopic (exact) mass is 284 g/mol. The van der Waals surface area contributed by atoms with E-state index in [4.69, 9.17) is 0 Å². The van der Waals surface area contributed by atoms with Crippen molar-refractivity contribution in [1.29, 1.82) is 0 Å². The minimum atomic E-state index is 0.780. The number of nitrogens with zero attached hydrogens (tertiary/aromatic N) is 3. The van der Waals surface area contributed by atoms with Gasteiger partial charge in [-0.2, -0.15) is 0 Å². The minimum absolute atomic E-state index is 0.780. The van der Waals surface area contributed by atoms with E-state index < -0.39 is 0 Å². The topological polar surface area (TPSA) is 41.0 Å². The molecule has 0 aliphatic heterocycles. The minimum Gasteiger partial charge on any atom is -0.370 e. The highest BCUT2D eigenvalue weighted by molar-refractivity contribution is 5.63. The molecule has 0 radical (unpaired) electrons. The average molecular weight is 284 g/mol. The van der Waals surface area contributed by atoms with Gasteiger partial charge in [-0.05, 0) is 50.5 Å². The Labute approximate surface area is 127 Å². The fourth-order valence-electron chi connectivity index (χ4n) is 2.34. The summed E-state index contributed by atoms with van der Waals surface area (Å²) in [5.41, 5.74) is 3.66. The van der Waals surface area contributed by atoms with Crippen LogP contribution < -0.4 is 10.2 Å². The fraction of sp³-hybridized carbons (Fsp3) is 0.412.